The molecule has 0 aromatic heterocycles. The zero-order valence-corrected chi connectivity index (χ0v) is 8.56. The first-order valence-corrected chi connectivity index (χ1v) is 4.33. The average molecular weight is 175 g/mol. The van der Waals surface area contributed by atoms with Gasteiger partial charge in [0.2, 0.25) is 0 Å². The maximum Gasteiger partial charge on any atom is 0.150 e. The molecule has 0 atom stereocenters. The maximum absolute atomic E-state index is 11.2. The van der Waals surface area contributed by atoms with Crippen molar-refractivity contribution in [1.29, 1.82) is 0 Å². The third kappa shape index (κ3) is 4.43. The highest BCUT2D eigenvalue weighted by Gasteiger charge is 2.12. The summed E-state index contributed by atoms with van der Waals surface area (Å²) in [6, 6.07) is 0.320. The van der Waals surface area contributed by atoms with E-state index in [1.54, 1.807) is 4.31 Å². The van der Waals surface area contributed by atoms with Crippen molar-refractivity contribution in [3.63, 3.8) is 0 Å². The number of ketones is 1. The molecule has 0 saturated heterocycles. The zero-order valence-electron chi connectivity index (χ0n) is 7.66. The van der Waals surface area contributed by atoms with Crippen LogP contribution in [0.3, 0.4) is 0 Å². The summed E-state index contributed by atoms with van der Waals surface area (Å²) in [5.41, 5.74) is 0. The van der Waals surface area contributed by atoms with Gasteiger partial charge in [-0.1, -0.05) is 26.7 Å². The smallest absolute Gasteiger partial charge is 0.150 e. The monoisotopic (exact) mass is 175 g/mol. The van der Waals surface area contributed by atoms with Crippen molar-refractivity contribution in [2.75, 3.05) is 6.54 Å². The van der Waals surface area contributed by atoms with Gasteiger partial charge in [0.05, 0.1) is 6.54 Å². The number of rotatable bonds is 4. The summed E-state index contributed by atoms with van der Waals surface area (Å²) in [6.07, 6.45) is 0. The molecule has 0 spiro atoms. The second-order valence-corrected chi connectivity index (χ2v) is 3.83. The minimum Gasteiger partial charge on any atom is -0.298 e. The molecule has 0 bridgehead atoms. The summed E-state index contributed by atoms with van der Waals surface area (Å²) in [5, 5.41) is 0. The predicted molar refractivity (Wildman–Crippen MR) is 50.7 cm³/mol. The third-order valence-electron chi connectivity index (χ3n) is 1.56. The lowest BCUT2D eigenvalue weighted by molar-refractivity contribution is -0.122. The normalized spacial score (nSPS) is 11.6. The van der Waals surface area contributed by atoms with Gasteiger partial charge in [-0.3, -0.25) is 4.79 Å². The molecular weight excluding hydrogens is 158 g/mol. The Balaban J connectivity index is 3.76. The Hall–Kier alpha value is -0.0200. The molecule has 11 heavy (non-hydrogen) atoms. The van der Waals surface area contributed by atoms with Crippen LogP contribution in [0.5, 0.6) is 0 Å². The molecule has 0 fully saturated rings. The lowest BCUT2D eigenvalue weighted by Crippen LogP contribution is -2.29. The van der Waals surface area contributed by atoms with Gasteiger partial charge in [-0.15, -0.1) is 0 Å². The fourth-order valence-electron chi connectivity index (χ4n) is 0.525. The first-order valence-electron chi connectivity index (χ1n) is 3.93. The van der Waals surface area contributed by atoms with E-state index in [-0.39, 0.29) is 11.7 Å². The van der Waals surface area contributed by atoms with E-state index >= 15 is 0 Å². The summed E-state index contributed by atoms with van der Waals surface area (Å²) >= 11 is 4.17. The highest BCUT2D eigenvalue weighted by atomic mass is 32.1. The van der Waals surface area contributed by atoms with Crippen molar-refractivity contribution in [3.8, 4) is 0 Å². The van der Waals surface area contributed by atoms with E-state index in [9.17, 15) is 4.79 Å². The molecule has 0 heterocycles. The van der Waals surface area contributed by atoms with Crippen LogP contribution in [0.15, 0.2) is 0 Å². The summed E-state index contributed by atoms with van der Waals surface area (Å²) in [4.78, 5) is 11.2. The molecule has 0 radical (unpaired) electrons. The average Bonchev–Trinajstić information content (AvgIpc) is 1.87. The second-order valence-electron chi connectivity index (χ2n) is 3.31. The van der Waals surface area contributed by atoms with Crippen LogP contribution < -0.4 is 0 Å². The van der Waals surface area contributed by atoms with Crippen LogP contribution in [0.4, 0.5) is 0 Å². The molecule has 0 saturated carbocycles. The van der Waals surface area contributed by atoms with Crippen molar-refractivity contribution < 1.29 is 4.79 Å². The first kappa shape index (κ1) is 11.0. The molecular formula is C8H17NOS. The first-order chi connectivity index (χ1) is 4.95. The van der Waals surface area contributed by atoms with E-state index < -0.39 is 0 Å². The Bertz CT molecular complexity index is 134. The Morgan fingerprint density at radius 1 is 1.36 bits per heavy atom. The molecule has 0 aliphatic carbocycles. The van der Waals surface area contributed by atoms with Crippen LogP contribution in [0, 0.1) is 5.92 Å². The molecule has 0 N–H and O–H groups in total. The second kappa shape index (κ2) is 4.78. The van der Waals surface area contributed by atoms with Crippen LogP contribution in [0.1, 0.15) is 27.7 Å². The number of thiol groups is 1. The number of carbonyl (C=O) groups is 1. The third-order valence-corrected chi connectivity index (χ3v) is 2.16. The van der Waals surface area contributed by atoms with E-state index in [1.807, 2.05) is 27.7 Å². The van der Waals surface area contributed by atoms with Gasteiger partial charge in [-0.05, 0) is 13.8 Å². The van der Waals surface area contributed by atoms with Crippen LogP contribution in [-0.2, 0) is 4.79 Å². The van der Waals surface area contributed by atoms with Crippen molar-refractivity contribution in [2.24, 2.45) is 5.92 Å². The van der Waals surface area contributed by atoms with Gasteiger partial charge in [0.15, 0.2) is 0 Å². The van der Waals surface area contributed by atoms with Crippen molar-refractivity contribution in [3.05, 3.63) is 0 Å². The van der Waals surface area contributed by atoms with E-state index in [0.717, 1.165) is 0 Å². The van der Waals surface area contributed by atoms with Gasteiger partial charge in [0, 0.05) is 12.0 Å². The number of hydrogen-bond acceptors (Lipinski definition) is 3. The number of carbonyl (C=O) groups excluding carboxylic acids is 1. The molecule has 0 amide bonds. The SMILES string of the molecule is CC(C)C(=O)CN(S)C(C)C. The van der Waals surface area contributed by atoms with Gasteiger partial charge in [0.25, 0.3) is 0 Å². The number of nitrogens with zero attached hydrogens (tertiary/aromatic N) is 1. The molecule has 0 aliphatic heterocycles. The predicted octanol–water partition coefficient (Wildman–Crippen LogP) is 1.77. The summed E-state index contributed by atoms with van der Waals surface area (Å²) in [6.45, 7) is 8.29. The molecule has 66 valence electrons. The molecule has 0 unspecified atom stereocenters. The Labute approximate surface area is 74.5 Å². The van der Waals surface area contributed by atoms with Gasteiger partial charge < -0.3 is 0 Å². The summed E-state index contributed by atoms with van der Waals surface area (Å²) < 4.78 is 1.75. The standard InChI is InChI=1S/C8H17NOS/c1-6(2)8(10)5-9(11)7(3)4/h6-7,11H,5H2,1-4H3. The Kier molecular flexibility index (Phi) is 4.77. The summed E-state index contributed by atoms with van der Waals surface area (Å²) in [7, 11) is 0. The van der Waals surface area contributed by atoms with Crippen LogP contribution in [0.25, 0.3) is 0 Å². The van der Waals surface area contributed by atoms with Gasteiger partial charge in [0.1, 0.15) is 5.78 Å². The molecule has 0 rings (SSSR count). The van der Waals surface area contributed by atoms with Crippen molar-refractivity contribution in [2.45, 2.75) is 33.7 Å². The van der Waals surface area contributed by atoms with Gasteiger partial charge in [-0.25, -0.2) is 4.31 Å². The van der Waals surface area contributed by atoms with Crippen LogP contribution in [0.2, 0.25) is 0 Å². The van der Waals surface area contributed by atoms with E-state index in [4.69, 9.17) is 0 Å². The van der Waals surface area contributed by atoms with E-state index in [0.29, 0.717) is 12.6 Å². The minimum atomic E-state index is 0.114. The number of hydrogen-bond donors (Lipinski definition) is 1. The largest absolute Gasteiger partial charge is 0.298 e. The van der Waals surface area contributed by atoms with Crippen LogP contribution >= 0.6 is 12.8 Å². The minimum absolute atomic E-state index is 0.114. The lowest BCUT2D eigenvalue weighted by atomic mass is 10.1. The topological polar surface area (TPSA) is 20.3 Å². The maximum atomic E-state index is 11.2. The van der Waals surface area contributed by atoms with Gasteiger partial charge in [-0.2, -0.15) is 0 Å². The molecule has 0 aromatic carbocycles. The van der Waals surface area contributed by atoms with E-state index in [2.05, 4.69) is 12.8 Å². The molecule has 0 aromatic rings. The molecule has 2 nitrogen and oxygen atoms in total. The quantitative estimate of drug-likeness (QED) is 0.657. The lowest BCUT2D eigenvalue weighted by Gasteiger charge is -2.19. The van der Waals surface area contributed by atoms with Crippen molar-refractivity contribution in [1.82, 2.24) is 4.31 Å². The van der Waals surface area contributed by atoms with Crippen molar-refractivity contribution >= 4 is 18.6 Å². The van der Waals surface area contributed by atoms with Crippen LogP contribution in [-0.4, -0.2) is 22.7 Å². The van der Waals surface area contributed by atoms with E-state index in [1.165, 1.54) is 0 Å². The molecule has 0 aliphatic rings. The fourth-order valence-corrected chi connectivity index (χ4v) is 0.664. The number of Topliss-reactive ketones (excluding diaryl/α,β-unsaturated/α-hetero) is 1. The fraction of sp³-hybridized carbons (Fsp3) is 0.875. The molecule has 3 heteroatoms. The zero-order chi connectivity index (χ0) is 9.02. The highest BCUT2D eigenvalue weighted by molar-refractivity contribution is 7.77. The highest BCUT2D eigenvalue weighted by Crippen LogP contribution is 2.04. The Morgan fingerprint density at radius 2 is 1.82 bits per heavy atom. The van der Waals surface area contributed by atoms with Gasteiger partial charge >= 0.3 is 0 Å². The summed E-state index contributed by atoms with van der Waals surface area (Å²) in [5.74, 6) is 0.358. The Morgan fingerprint density at radius 3 is 2.09 bits per heavy atom.